The van der Waals surface area contributed by atoms with E-state index in [0.717, 1.165) is 5.56 Å². The Bertz CT molecular complexity index is 823. The SMILES string of the molecule is CCOC(c1ccc(O)c(OC)c1)C1COCC1C(O)c1ccc(O)c(OC)c1. The van der Waals surface area contributed by atoms with Gasteiger partial charge in [0.2, 0.25) is 0 Å². The molecule has 2 aromatic carbocycles. The molecule has 158 valence electrons. The van der Waals surface area contributed by atoms with Gasteiger partial charge in [-0.2, -0.15) is 0 Å². The molecule has 4 unspecified atom stereocenters. The van der Waals surface area contributed by atoms with Crippen molar-refractivity contribution in [2.45, 2.75) is 19.1 Å². The number of rotatable bonds is 8. The first-order chi connectivity index (χ1) is 14.0. The van der Waals surface area contributed by atoms with Crippen LogP contribution in [-0.2, 0) is 9.47 Å². The molecule has 0 aliphatic carbocycles. The van der Waals surface area contributed by atoms with Gasteiger partial charge in [0, 0.05) is 18.4 Å². The predicted molar refractivity (Wildman–Crippen MR) is 106 cm³/mol. The van der Waals surface area contributed by atoms with E-state index in [1.165, 1.54) is 20.3 Å². The number of ether oxygens (including phenoxy) is 4. The summed E-state index contributed by atoms with van der Waals surface area (Å²) in [6.45, 7) is 3.22. The highest BCUT2D eigenvalue weighted by atomic mass is 16.5. The summed E-state index contributed by atoms with van der Waals surface area (Å²) in [5, 5.41) is 30.8. The number of aliphatic hydroxyl groups is 1. The fourth-order valence-corrected chi connectivity index (χ4v) is 3.87. The number of benzene rings is 2. The van der Waals surface area contributed by atoms with Crippen LogP contribution in [0.4, 0.5) is 0 Å². The maximum absolute atomic E-state index is 11.1. The predicted octanol–water partition coefficient (Wildman–Crippen LogP) is 3.19. The summed E-state index contributed by atoms with van der Waals surface area (Å²) in [5.74, 6) is 0.417. The Morgan fingerprint density at radius 2 is 1.48 bits per heavy atom. The molecule has 2 aromatic rings. The summed E-state index contributed by atoms with van der Waals surface area (Å²) in [5.41, 5.74) is 1.48. The van der Waals surface area contributed by atoms with Crippen molar-refractivity contribution in [3.05, 3.63) is 47.5 Å². The zero-order valence-electron chi connectivity index (χ0n) is 16.9. The minimum absolute atomic E-state index is 0.0195. The maximum Gasteiger partial charge on any atom is 0.160 e. The summed E-state index contributed by atoms with van der Waals surface area (Å²) < 4.78 is 22.2. The van der Waals surface area contributed by atoms with Gasteiger partial charge in [-0.15, -0.1) is 0 Å². The summed E-state index contributed by atoms with van der Waals surface area (Å²) in [7, 11) is 2.97. The number of hydrogen-bond donors (Lipinski definition) is 3. The van der Waals surface area contributed by atoms with Gasteiger partial charge in [0.15, 0.2) is 23.0 Å². The van der Waals surface area contributed by atoms with E-state index >= 15 is 0 Å². The molecule has 1 aliphatic heterocycles. The van der Waals surface area contributed by atoms with Gasteiger partial charge in [-0.3, -0.25) is 0 Å². The summed E-state index contributed by atoms with van der Waals surface area (Å²) in [6.07, 6.45) is -1.16. The van der Waals surface area contributed by atoms with Crippen LogP contribution in [0, 0.1) is 11.8 Å². The van der Waals surface area contributed by atoms with Crippen molar-refractivity contribution in [1.82, 2.24) is 0 Å². The van der Waals surface area contributed by atoms with Crippen LogP contribution in [0.2, 0.25) is 0 Å². The highest BCUT2D eigenvalue weighted by Gasteiger charge is 2.41. The number of aliphatic hydroxyl groups excluding tert-OH is 1. The lowest BCUT2D eigenvalue weighted by molar-refractivity contribution is -0.0179. The fraction of sp³-hybridized carbons (Fsp3) is 0.455. The van der Waals surface area contributed by atoms with E-state index in [9.17, 15) is 15.3 Å². The third-order valence-corrected chi connectivity index (χ3v) is 5.39. The fourth-order valence-electron chi connectivity index (χ4n) is 3.87. The zero-order chi connectivity index (χ0) is 21.0. The van der Waals surface area contributed by atoms with E-state index in [-0.39, 0.29) is 29.4 Å². The normalized spacial score (nSPS) is 21.0. The smallest absolute Gasteiger partial charge is 0.160 e. The Morgan fingerprint density at radius 3 is 2.07 bits per heavy atom. The molecule has 0 radical (unpaired) electrons. The lowest BCUT2D eigenvalue weighted by Gasteiger charge is -2.30. The van der Waals surface area contributed by atoms with Gasteiger partial charge in [0.25, 0.3) is 0 Å². The molecule has 4 atom stereocenters. The Hall–Kier alpha value is -2.48. The quantitative estimate of drug-likeness (QED) is 0.622. The molecule has 1 saturated heterocycles. The Kier molecular flexibility index (Phi) is 6.84. The van der Waals surface area contributed by atoms with Gasteiger partial charge in [-0.1, -0.05) is 12.1 Å². The average Bonchev–Trinajstić information content (AvgIpc) is 3.22. The topological polar surface area (TPSA) is 97.6 Å². The van der Waals surface area contributed by atoms with Crippen LogP contribution in [0.5, 0.6) is 23.0 Å². The first-order valence-electron chi connectivity index (χ1n) is 9.61. The highest BCUT2D eigenvalue weighted by molar-refractivity contribution is 5.44. The second-order valence-electron chi connectivity index (χ2n) is 7.05. The van der Waals surface area contributed by atoms with Crippen molar-refractivity contribution >= 4 is 0 Å². The largest absolute Gasteiger partial charge is 0.504 e. The van der Waals surface area contributed by atoms with E-state index in [0.29, 0.717) is 36.9 Å². The summed E-state index contributed by atoms with van der Waals surface area (Å²) >= 11 is 0. The van der Waals surface area contributed by atoms with Gasteiger partial charge in [0.1, 0.15) is 0 Å². The standard InChI is InChI=1S/C22H28O7/c1-4-29-22(14-6-8-18(24)20(10-14)27-3)16-12-28-11-15(16)21(25)13-5-7-17(23)19(9-13)26-2/h5-10,15-16,21-25H,4,11-12H2,1-3H3. The first-order valence-corrected chi connectivity index (χ1v) is 9.61. The van der Waals surface area contributed by atoms with E-state index in [1.807, 2.05) is 6.92 Å². The minimum atomic E-state index is -0.820. The lowest BCUT2D eigenvalue weighted by Crippen LogP contribution is -2.28. The van der Waals surface area contributed by atoms with Crippen LogP contribution in [0.1, 0.15) is 30.3 Å². The van der Waals surface area contributed by atoms with Crippen molar-refractivity contribution in [3.63, 3.8) is 0 Å². The molecular formula is C22H28O7. The minimum Gasteiger partial charge on any atom is -0.504 e. The van der Waals surface area contributed by atoms with E-state index in [2.05, 4.69) is 0 Å². The Balaban J connectivity index is 1.90. The highest BCUT2D eigenvalue weighted by Crippen LogP contribution is 2.44. The first kappa shape index (κ1) is 21.2. The van der Waals surface area contributed by atoms with Gasteiger partial charge >= 0.3 is 0 Å². The zero-order valence-corrected chi connectivity index (χ0v) is 16.9. The molecule has 0 amide bonds. The van der Waals surface area contributed by atoms with Crippen molar-refractivity contribution in [2.75, 3.05) is 34.0 Å². The third-order valence-electron chi connectivity index (χ3n) is 5.39. The van der Waals surface area contributed by atoms with Crippen LogP contribution in [0.25, 0.3) is 0 Å². The van der Waals surface area contributed by atoms with Crippen LogP contribution in [0.3, 0.4) is 0 Å². The lowest BCUT2D eigenvalue weighted by atomic mass is 9.81. The molecule has 7 nitrogen and oxygen atoms in total. The van der Waals surface area contributed by atoms with Gasteiger partial charge in [-0.25, -0.2) is 0 Å². The van der Waals surface area contributed by atoms with Crippen LogP contribution >= 0.6 is 0 Å². The summed E-state index contributed by atoms with van der Waals surface area (Å²) in [6, 6.07) is 9.94. The molecule has 29 heavy (non-hydrogen) atoms. The van der Waals surface area contributed by atoms with Gasteiger partial charge in [-0.05, 0) is 42.3 Å². The van der Waals surface area contributed by atoms with Crippen LogP contribution in [-0.4, -0.2) is 49.4 Å². The van der Waals surface area contributed by atoms with Crippen molar-refractivity contribution < 1.29 is 34.3 Å². The number of hydrogen-bond acceptors (Lipinski definition) is 7. The van der Waals surface area contributed by atoms with E-state index in [4.69, 9.17) is 18.9 Å². The Labute approximate surface area is 170 Å². The molecule has 0 aromatic heterocycles. The average molecular weight is 404 g/mol. The molecule has 0 spiro atoms. The molecule has 1 heterocycles. The molecule has 7 heteroatoms. The summed E-state index contributed by atoms with van der Waals surface area (Å²) in [4.78, 5) is 0. The molecule has 1 fully saturated rings. The second-order valence-corrected chi connectivity index (χ2v) is 7.05. The maximum atomic E-state index is 11.1. The molecule has 1 aliphatic rings. The molecule has 3 rings (SSSR count). The third kappa shape index (κ3) is 4.42. The number of phenolic OH excluding ortho intramolecular Hbond substituents is 2. The second kappa shape index (κ2) is 9.35. The number of methoxy groups -OCH3 is 2. The molecule has 0 bridgehead atoms. The Morgan fingerprint density at radius 1 is 0.931 bits per heavy atom. The van der Waals surface area contributed by atoms with Gasteiger partial charge in [0.05, 0.1) is 39.6 Å². The van der Waals surface area contributed by atoms with E-state index in [1.54, 1.807) is 30.3 Å². The van der Waals surface area contributed by atoms with Crippen molar-refractivity contribution in [1.29, 1.82) is 0 Å². The monoisotopic (exact) mass is 404 g/mol. The molecular weight excluding hydrogens is 376 g/mol. The van der Waals surface area contributed by atoms with Crippen LogP contribution < -0.4 is 9.47 Å². The molecule has 0 saturated carbocycles. The number of phenols is 2. The molecule has 3 N–H and O–H groups in total. The van der Waals surface area contributed by atoms with Crippen molar-refractivity contribution in [2.24, 2.45) is 11.8 Å². The van der Waals surface area contributed by atoms with E-state index < -0.39 is 6.10 Å². The number of aromatic hydroxyl groups is 2. The van der Waals surface area contributed by atoms with Crippen molar-refractivity contribution in [3.8, 4) is 23.0 Å². The van der Waals surface area contributed by atoms with Gasteiger partial charge < -0.3 is 34.3 Å². The van der Waals surface area contributed by atoms with Crippen LogP contribution in [0.15, 0.2) is 36.4 Å².